The first-order valence-electron chi connectivity index (χ1n) is 10.5. The monoisotopic (exact) mass is 381 g/mol. The number of hydrogen-bond acceptors (Lipinski definition) is 5. The van der Waals surface area contributed by atoms with Gasteiger partial charge in [-0.05, 0) is 25.2 Å². The standard InChI is InChI=1S/C21H35NO5/c1-2-3-4-5-6-7-8-15(23)9-10-16-17-13-19(18(17)14-20(16)24)22-27-12-11-21(25)26/h9-10,15-18,20,23-24H,2-8,11-14H2,1H3,(H,25,26)/t15?,16?,17-,18-,20?/m0/s1. The zero-order valence-electron chi connectivity index (χ0n) is 16.4. The zero-order valence-corrected chi connectivity index (χ0v) is 16.4. The van der Waals surface area contributed by atoms with Crippen LogP contribution in [0.3, 0.4) is 0 Å². The van der Waals surface area contributed by atoms with Gasteiger partial charge in [-0.3, -0.25) is 4.79 Å². The van der Waals surface area contributed by atoms with Crippen molar-refractivity contribution in [3.8, 4) is 0 Å². The first kappa shape index (κ1) is 21.9. The number of nitrogens with zero attached hydrogens (tertiary/aromatic N) is 1. The van der Waals surface area contributed by atoms with E-state index in [-0.39, 0.29) is 24.9 Å². The highest BCUT2D eigenvalue weighted by Gasteiger charge is 2.51. The number of aliphatic hydroxyl groups excluding tert-OH is 2. The fourth-order valence-corrected chi connectivity index (χ4v) is 4.16. The topological polar surface area (TPSA) is 99.4 Å². The predicted octanol–water partition coefficient (Wildman–Crippen LogP) is 3.52. The predicted molar refractivity (Wildman–Crippen MR) is 104 cm³/mol. The molecule has 0 aromatic carbocycles. The Morgan fingerprint density at radius 1 is 1.30 bits per heavy atom. The van der Waals surface area contributed by atoms with Crippen LogP contribution in [0.4, 0.5) is 0 Å². The SMILES string of the molecule is CCCCCCCCC(O)C=CC1C(O)C[C@@H]2C(=NOCCC(=O)O)C[C@@H]12. The number of rotatable bonds is 13. The maximum absolute atomic E-state index is 10.5. The maximum atomic E-state index is 10.5. The summed E-state index contributed by atoms with van der Waals surface area (Å²) in [6.45, 7) is 2.28. The number of hydrogen-bond donors (Lipinski definition) is 3. The molecule has 154 valence electrons. The van der Waals surface area contributed by atoms with Gasteiger partial charge in [0.25, 0.3) is 0 Å². The van der Waals surface area contributed by atoms with Crippen LogP contribution < -0.4 is 0 Å². The molecule has 6 nitrogen and oxygen atoms in total. The summed E-state index contributed by atoms with van der Waals surface area (Å²) in [4.78, 5) is 15.5. The molecule has 3 unspecified atom stereocenters. The first-order valence-corrected chi connectivity index (χ1v) is 10.5. The Hall–Kier alpha value is -1.40. The first-order chi connectivity index (χ1) is 13.0. The number of carboxylic acid groups (broad SMARTS) is 1. The lowest BCUT2D eigenvalue weighted by molar-refractivity contribution is -0.138. The van der Waals surface area contributed by atoms with Gasteiger partial charge < -0.3 is 20.2 Å². The van der Waals surface area contributed by atoms with Crippen LogP contribution in [0.5, 0.6) is 0 Å². The van der Waals surface area contributed by atoms with E-state index in [2.05, 4.69) is 12.1 Å². The minimum Gasteiger partial charge on any atom is -0.481 e. The third-order valence-electron chi connectivity index (χ3n) is 5.82. The fourth-order valence-electron chi connectivity index (χ4n) is 4.16. The van der Waals surface area contributed by atoms with Crippen molar-refractivity contribution in [3.63, 3.8) is 0 Å². The highest BCUT2D eigenvalue weighted by molar-refractivity contribution is 5.93. The van der Waals surface area contributed by atoms with Gasteiger partial charge in [-0.15, -0.1) is 0 Å². The molecule has 2 fully saturated rings. The number of aliphatic hydroxyl groups is 2. The molecule has 0 amide bonds. The third kappa shape index (κ3) is 6.92. The Bertz CT molecular complexity index is 519. The molecule has 5 atom stereocenters. The van der Waals surface area contributed by atoms with Crippen LogP contribution in [-0.2, 0) is 9.63 Å². The summed E-state index contributed by atoms with van der Waals surface area (Å²) < 4.78 is 0. The van der Waals surface area contributed by atoms with Crippen molar-refractivity contribution >= 4 is 11.7 Å². The van der Waals surface area contributed by atoms with Gasteiger partial charge in [0.2, 0.25) is 0 Å². The maximum Gasteiger partial charge on any atom is 0.306 e. The summed E-state index contributed by atoms with van der Waals surface area (Å²) in [6, 6.07) is 0. The number of unbranched alkanes of at least 4 members (excludes halogenated alkanes) is 5. The largest absolute Gasteiger partial charge is 0.481 e. The summed E-state index contributed by atoms with van der Waals surface area (Å²) in [6.07, 6.45) is 12.4. The molecule has 2 rings (SSSR count). The number of carbonyl (C=O) groups is 1. The molecule has 0 radical (unpaired) electrons. The van der Waals surface area contributed by atoms with E-state index in [4.69, 9.17) is 9.94 Å². The van der Waals surface area contributed by atoms with E-state index in [9.17, 15) is 15.0 Å². The molecule has 2 aliphatic carbocycles. The van der Waals surface area contributed by atoms with Crippen LogP contribution in [-0.4, -0.2) is 45.8 Å². The van der Waals surface area contributed by atoms with Crippen LogP contribution >= 0.6 is 0 Å². The molecule has 2 saturated carbocycles. The number of oxime groups is 1. The van der Waals surface area contributed by atoms with Gasteiger partial charge in [0, 0.05) is 11.8 Å². The fraction of sp³-hybridized carbons (Fsp3) is 0.810. The van der Waals surface area contributed by atoms with Crippen LogP contribution in [0.1, 0.15) is 71.1 Å². The van der Waals surface area contributed by atoms with Gasteiger partial charge in [-0.2, -0.15) is 0 Å². The van der Waals surface area contributed by atoms with Crippen LogP contribution in [0.15, 0.2) is 17.3 Å². The van der Waals surface area contributed by atoms with Gasteiger partial charge in [0.05, 0.1) is 24.3 Å². The second-order valence-corrected chi connectivity index (χ2v) is 7.92. The summed E-state index contributed by atoms with van der Waals surface area (Å²) in [5.41, 5.74) is 0.924. The molecule has 0 aromatic heterocycles. The number of carboxylic acids is 1. The van der Waals surface area contributed by atoms with Gasteiger partial charge in [-0.1, -0.05) is 62.8 Å². The minimum absolute atomic E-state index is 0.0602. The summed E-state index contributed by atoms with van der Waals surface area (Å²) in [5, 5.41) is 33.1. The van der Waals surface area contributed by atoms with E-state index in [0.29, 0.717) is 12.3 Å². The summed E-state index contributed by atoms with van der Waals surface area (Å²) in [7, 11) is 0. The molecule has 0 aromatic rings. The van der Waals surface area contributed by atoms with Crippen molar-refractivity contribution in [2.24, 2.45) is 22.9 Å². The third-order valence-corrected chi connectivity index (χ3v) is 5.82. The van der Waals surface area contributed by atoms with Crippen molar-refractivity contribution in [2.45, 2.75) is 83.3 Å². The van der Waals surface area contributed by atoms with Crippen molar-refractivity contribution in [1.82, 2.24) is 0 Å². The summed E-state index contributed by atoms with van der Waals surface area (Å²) in [5.74, 6) is -0.274. The van der Waals surface area contributed by atoms with Crippen LogP contribution in [0.2, 0.25) is 0 Å². The Morgan fingerprint density at radius 2 is 2.04 bits per heavy atom. The van der Waals surface area contributed by atoms with Gasteiger partial charge in [0.1, 0.15) is 6.61 Å². The molecule has 0 aliphatic heterocycles. The molecule has 0 heterocycles. The van der Waals surface area contributed by atoms with E-state index < -0.39 is 18.2 Å². The van der Waals surface area contributed by atoms with Crippen LogP contribution in [0, 0.1) is 17.8 Å². The highest BCUT2D eigenvalue weighted by Crippen LogP contribution is 2.49. The lowest BCUT2D eigenvalue weighted by Crippen LogP contribution is -2.36. The molecule has 6 heteroatoms. The van der Waals surface area contributed by atoms with Crippen LogP contribution in [0.25, 0.3) is 0 Å². The molecule has 3 N–H and O–H groups in total. The van der Waals surface area contributed by atoms with E-state index in [1.807, 2.05) is 12.2 Å². The highest BCUT2D eigenvalue weighted by atomic mass is 16.6. The Balaban J connectivity index is 1.68. The smallest absolute Gasteiger partial charge is 0.306 e. The van der Waals surface area contributed by atoms with E-state index in [1.54, 1.807) is 0 Å². The van der Waals surface area contributed by atoms with Gasteiger partial charge >= 0.3 is 5.97 Å². The molecular formula is C21H35NO5. The number of aliphatic carboxylic acids is 1. The quantitative estimate of drug-likeness (QED) is 0.257. The average Bonchev–Trinajstić information content (AvgIpc) is 2.86. The van der Waals surface area contributed by atoms with Crippen molar-refractivity contribution < 1.29 is 25.0 Å². The molecule has 0 bridgehead atoms. The van der Waals surface area contributed by atoms with E-state index >= 15 is 0 Å². The lowest BCUT2D eigenvalue weighted by Gasteiger charge is -2.34. The normalized spacial score (nSPS) is 29.7. The van der Waals surface area contributed by atoms with Gasteiger partial charge in [0.15, 0.2) is 0 Å². The van der Waals surface area contributed by atoms with Gasteiger partial charge in [-0.25, -0.2) is 0 Å². The van der Waals surface area contributed by atoms with E-state index in [0.717, 1.165) is 25.0 Å². The second-order valence-electron chi connectivity index (χ2n) is 7.92. The molecule has 2 aliphatic rings. The lowest BCUT2D eigenvalue weighted by atomic mass is 9.71. The van der Waals surface area contributed by atoms with Crippen molar-refractivity contribution in [2.75, 3.05) is 6.61 Å². The van der Waals surface area contributed by atoms with Crippen molar-refractivity contribution in [1.29, 1.82) is 0 Å². The average molecular weight is 382 g/mol. The van der Waals surface area contributed by atoms with E-state index in [1.165, 1.54) is 32.1 Å². The number of fused-ring (bicyclic) bond motifs is 1. The zero-order chi connectivity index (χ0) is 19.6. The molecule has 0 spiro atoms. The van der Waals surface area contributed by atoms with Crippen molar-refractivity contribution in [3.05, 3.63) is 12.2 Å². The minimum atomic E-state index is -0.900. The molecule has 0 saturated heterocycles. The second kappa shape index (κ2) is 11.4. The molecule has 27 heavy (non-hydrogen) atoms. The Kier molecular flexibility index (Phi) is 9.28. The molecular weight excluding hydrogens is 346 g/mol. The summed E-state index contributed by atoms with van der Waals surface area (Å²) >= 11 is 0. The Labute approximate surface area is 162 Å². The Morgan fingerprint density at radius 3 is 2.78 bits per heavy atom.